The Balaban J connectivity index is 2.17. The lowest BCUT2D eigenvalue weighted by molar-refractivity contribution is -0.385. The highest BCUT2D eigenvalue weighted by Gasteiger charge is 2.12. The Labute approximate surface area is 122 Å². The number of hydrogen-bond donors (Lipinski definition) is 1. The molecule has 20 heavy (non-hydrogen) atoms. The van der Waals surface area contributed by atoms with Crippen LogP contribution in [0.4, 0.5) is 11.4 Å². The zero-order valence-corrected chi connectivity index (χ0v) is 12.1. The van der Waals surface area contributed by atoms with Gasteiger partial charge in [0, 0.05) is 28.9 Å². The van der Waals surface area contributed by atoms with E-state index < -0.39 is 0 Å². The molecule has 0 aliphatic heterocycles. The van der Waals surface area contributed by atoms with Gasteiger partial charge < -0.3 is 5.32 Å². The smallest absolute Gasteiger partial charge is 0.272 e. The minimum Gasteiger partial charge on any atom is -0.381 e. The quantitative estimate of drug-likeness (QED) is 0.667. The van der Waals surface area contributed by atoms with Gasteiger partial charge in [0.2, 0.25) is 0 Å². The number of hydrogen-bond acceptors (Lipinski definition) is 3. The van der Waals surface area contributed by atoms with Crippen LogP contribution in [0.5, 0.6) is 0 Å². The Morgan fingerprint density at radius 3 is 2.65 bits per heavy atom. The highest BCUT2D eigenvalue weighted by atomic mass is 35.5. The molecule has 0 saturated heterocycles. The molecule has 2 aromatic rings. The number of aryl methyl sites for hydroxylation is 1. The first-order chi connectivity index (χ1) is 9.49. The van der Waals surface area contributed by atoms with Gasteiger partial charge >= 0.3 is 0 Å². The largest absolute Gasteiger partial charge is 0.381 e. The van der Waals surface area contributed by atoms with E-state index in [1.165, 1.54) is 6.07 Å². The van der Waals surface area contributed by atoms with Crippen LogP contribution in [0.1, 0.15) is 16.7 Å². The van der Waals surface area contributed by atoms with E-state index in [2.05, 4.69) is 5.32 Å². The average molecular weight is 291 g/mol. The number of halogens is 1. The third-order valence-corrected chi connectivity index (χ3v) is 3.68. The van der Waals surface area contributed by atoms with Crippen molar-refractivity contribution in [3.8, 4) is 0 Å². The van der Waals surface area contributed by atoms with E-state index in [4.69, 9.17) is 11.6 Å². The van der Waals surface area contributed by atoms with Gasteiger partial charge in [-0.25, -0.2) is 0 Å². The summed E-state index contributed by atoms with van der Waals surface area (Å²) >= 11 is 6.06. The highest BCUT2D eigenvalue weighted by molar-refractivity contribution is 6.31. The van der Waals surface area contributed by atoms with Crippen molar-refractivity contribution in [2.24, 2.45) is 0 Å². The summed E-state index contributed by atoms with van der Waals surface area (Å²) in [5.41, 5.74) is 3.64. The third-order valence-electron chi connectivity index (χ3n) is 3.27. The number of nitrogens with zero attached hydrogens (tertiary/aromatic N) is 1. The summed E-state index contributed by atoms with van der Waals surface area (Å²) < 4.78 is 0. The standard InChI is InChI=1S/C15H15ClN2O2/c1-10-6-7-13(8-14(10)16)17-9-12-4-3-5-15(11(12)2)18(19)20/h3-8,17H,9H2,1-2H3. The lowest BCUT2D eigenvalue weighted by Gasteiger charge is -2.10. The molecule has 104 valence electrons. The van der Waals surface area contributed by atoms with Crippen molar-refractivity contribution in [1.29, 1.82) is 0 Å². The van der Waals surface area contributed by atoms with Crippen LogP contribution in [0.2, 0.25) is 5.02 Å². The summed E-state index contributed by atoms with van der Waals surface area (Å²) in [6, 6.07) is 10.8. The van der Waals surface area contributed by atoms with Crippen LogP contribution in [-0.4, -0.2) is 4.92 Å². The molecular formula is C15H15ClN2O2. The van der Waals surface area contributed by atoms with Crippen molar-refractivity contribution in [1.82, 2.24) is 0 Å². The summed E-state index contributed by atoms with van der Waals surface area (Å²) in [7, 11) is 0. The molecule has 2 rings (SSSR count). The Hall–Kier alpha value is -2.07. The first-order valence-corrected chi connectivity index (χ1v) is 6.59. The fraction of sp³-hybridized carbons (Fsp3) is 0.200. The molecule has 2 aromatic carbocycles. The summed E-state index contributed by atoms with van der Waals surface area (Å²) in [5.74, 6) is 0. The van der Waals surface area contributed by atoms with Crippen LogP contribution in [0.25, 0.3) is 0 Å². The second-order valence-electron chi connectivity index (χ2n) is 4.64. The van der Waals surface area contributed by atoms with E-state index in [1.54, 1.807) is 13.0 Å². The normalized spacial score (nSPS) is 10.3. The minimum absolute atomic E-state index is 0.145. The molecule has 0 aliphatic carbocycles. The lowest BCUT2D eigenvalue weighted by Crippen LogP contribution is -2.03. The molecule has 0 unspecified atom stereocenters. The van der Waals surface area contributed by atoms with Crippen LogP contribution in [0, 0.1) is 24.0 Å². The molecule has 1 N–H and O–H groups in total. The second-order valence-corrected chi connectivity index (χ2v) is 5.04. The van der Waals surface area contributed by atoms with E-state index in [0.717, 1.165) is 16.8 Å². The molecule has 5 heteroatoms. The molecule has 0 aromatic heterocycles. The third kappa shape index (κ3) is 3.08. The van der Waals surface area contributed by atoms with Crippen LogP contribution < -0.4 is 5.32 Å². The summed E-state index contributed by atoms with van der Waals surface area (Å²) in [6.45, 7) is 4.22. The Morgan fingerprint density at radius 2 is 2.00 bits per heavy atom. The van der Waals surface area contributed by atoms with Gasteiger partial charge in [-0.3, -0.25) is 10.1 Å². The van der Waals surface area contributed by atoms with Gasteiger partial charge in [0.25, 0.3) is 5.69 Å². The second kappa shape index (κ2) is 5.92. The highest BCUT2D eigenvalue weighted by Crippen LogP contribution is 2.23. The summed E-state index contributed by atoms with van der Waals surface area (Å²) in [4.78, 5) is 10.5. The first kappa shape index (κ1) is 14.3. The molecule has 0 saturated carbocycles. The zero-order valence-electron chi connectivity index (χ0n) is 11.3. The summed E-state index contributed by atoms with van der Waals surface area (Å²) in [6.07, 6.45) is 0. The van der Waals surface area contributed by atoms with Gasteiger partial charge in [0.15, 0.2) is 0 Å². The number of nitro benzene ring substituents is 1. The van der Waals surface area contributed by atoms with Crippen molar-refractivity contribution >= 4 is 23.0 Å². The minimum atomic E-state index is -0.360. The Kier molecular flexibility index (Phi) is 4.25. The van der Waals surface area contributed by atoms with Crippen LogP contribution >= 0.6 is 11.6 Å². The van der Waals surface area contributed by atoms with Gasteiger partial charge in [-0.1, -0.05) is 29.8 Å². The number of rotatable bonds is 4. The van der Waals surface area contributed by atoms with Crippen LogP contribution in [-0.2, 0) is 6.54 Å². The van der Waals surface area contributed by atoms with Gasteiger partial charge in [0.05, 0.1) is 4.92 Å². The molecule has 0 fully saturated rings. The van der Waals surface area contributed by atoms with Crippen molar-refractivity contribution in [3.05, 3.63) is 68.2 Å². The van der Waals surface area contributed by atoms with E-state index >= 15 is 0 Å². The predicted octanol–water partition coefficient (Wildman–Crippen LogP) is 4.48. The van der Waals surface area contributed by atoms with Crippen molar-refractivity contribution < 1.29 is 4.92 Å². The molecule has 0 bridgehead atoms. The fourth-order valence-corrected chi connectivity index (χ4v) is 2.14. The molecule has 4 nitrogen and oxygen atoms in total. The van der Waals surface area contributed by atoms with E-state index in [0.29, 0.717) is 17.1 Å². The van der Waals surface area contributed by atoms with Crippen LogP contribution in [0.15, 0.2) is 36.4 Å². The maximum atomic E-state index is 10.9. The van der Waals surface area contributed by atoms with Gasteiger partial charge in [-0.05, 0) is 37.1 Å². The van der Waals surface area contributed by atoms with Crippen molar-refractivity contribution in [2.45, 2.75) is 20.4 Å². The molecule has 0 atom stereocenters. The topological polar surface area (TPSA) is 55.2 Å². The zero-order chi connectivity index (χ0) is 14.7. The molecule has 0 aliphatic rings. The lowest BCUT2D eigenvalue weighted by atomic mass is 10.1. The van der Waals surface area contributed by atoms with Crippen molar-refractivity contribution in [3.63, 3.8) is 0 Å². The number of nitro groups is 1. The van der Waals surface area contributed by atoms with Gasteiger partial charge in [0.1, 0.15) is 0 Å². The number of nitrogens with one attached hydrogen (secondary N) is 1. The Morgan fingerprint density at radius 1 is 1.25 bits per heavy atom. The van der Waals surface area contributed by atoms with E-state index in [9.17, 15) is 10.1 Å². The molecule has 0 spiro atoms. The monoisotopic (exact) mass is 290 g/mol. The summed E-state index contributed by atoms with van der Waals surface area (Å²) in [5, 5.41) is 14.8. The average Bonchev–Trinajstić information content (AvgIpc) is 2.41. The molecule has 0 heterocycles. The molecular weight excluding hydrogens is 276 g/mol. The first-order valence-electron chi connectivity index (χ1n) is 6.22. The van der Waals surface area contributed by atoms with E-state index in [1.807, 2.05) is 31.2 Å². The maximum Gasteiger partial charge on any atom is 0.272 e. The van der Waals surface area contributed by atoms with Crippen LogP contribution in [0.3, 0.4) is 0 Å². The Bertz CT molecular complexity index is 656. The van der Waals surface area contributed by atoms with Gasteiger partial charge in [-0.15, -0.1) is 0 Å². The fourth-order valence-electron chi connectivity index (χ4n) is 1.96. The molecule has 0 radical (unpaired) electrons. The number of anilines is 1. The maximum absolute atomic E-state index is 10.9. The molecule has 0 amide bonds. The number of benzene rings is 2. The van der Waals surface area contributed by atoms with Crippen molar-refractivity contribution in [2.75, 3.05) is 5.32 Å². The predicted molar refractivity (Wildman–Crippen MR) is 81.3 cm³/mol. The van der Waals surface area contributed by atoms with E-state index in [-0.39, 0.29) is 10.6 Å². The SMILES string of the molecule is Cc1ccc(NCc2cccc([N+](=O)[O-])c2C)cc1Cl. The van der Waals surface area contributed by atoms with Gasteiger partial charge in [-0.2, -0.15) is 0 Å².